The van der Waals surface area contributed by atoms with Gasteiger partial charge < -0.3 is 5.32 Å². The third kappa shape index (κ3) is 7.85. The number of alkyl halides is 2. The minimum atomic E-state index is -2.96. The molecule has 0 bridgehead atoms. The highest BCUT2D eigenvalue weighted by molar-refractivity contribution is 5.90. The number of rotatable bonds is 11. The van der Waals surface area contributed by atoms with E-state index in [4.69, 9.17) is 0 Å². The summed E-state index contributed by atoms with van der Waals surface area (Å²) in [5, 5.41) is 2.44. The Labute approximate surface area is 132 Å². The van der Waals surface area contributed by atoms with E-state index in [0.29, 0.717) is 19.3 Å². The molecule has 22 heavy (non-hydrogen) atoms. The van der Waals surface area contributed by atoms with Gasteiger partial charge in [-0.25, -0.2) is 8.78 Å². The van der Waals surface area contributed by atoms with Crippen molar-refractivity contribution in [3.05, 3.63) is 0 Å². The third-order valence-corrected chi connectivity index (χ3v) is 4.21. The van der Waals surface area contributed by atoms with E-state index >= 15 is 0 Å². The SMILES string of the molecule is CCCCCCCCCC(F)(F)CC(=O)N[C@H]1CCCC1=O. The summed E-state index contributed by atoms with van der Waals surface area (Å²) in [6.45, 7) is 2.14. The van der Waals surface area contributed by atoms with Gasteiger partial charge in [-0.1, -0.05) is 45.4 Å². The highest BCUT2D eigenvalue weighted by atomic mass is 19.3. The van der Waals surface area contributed by atoms with Gasteiger partial charge in [0, 0.05) is 12.8 Å². The summed E-state index contributed by atoms with van der Waals surface area (Å²) in [6, 6.07) is -0.540. The second-order valence-electron chi connectivity index (χ2n) is 6.38. The van der Waals surface area contributed by atoms with Crippen molar-refractivity contribution < 1.29 is 18.4 Å². The lowest BCUT2D eigenvalue weighted by Crippen LogP contribution is -2.40. The van der Waals surface area contributed by atoms with Crippen molar-refractivity contribution in [2.45, 2.75) is 95.9 Å². The van der Waals surface area contributed by atoms with E-state index in [9.17, 15) is 18.4 Å². The van der Waals surface area contributed by atoms with Crippen molar-refractivity contribution in [3.63, 3.8) is 0 Å². The first-order chi connectivity index (χ1) is 10.4. The van der Waals surface area contributed by atoms with Gasteiger partial charge in [-0.2, -0.15) is 0 Å². The Morgan fingerprint density at radius 2 is 1.82 bits per heavy atom. The minimum Gasteiger partial charge on any atom is -0.346 e. The maximum absolute atomic E-state index is 13.7. The summed E-state index contributed by atoms with van der Waals surface area (Å²) < 4.78 is 27.5. The quantitative estimate of drug-likeness (QED) is 0.574. The third-order valence-electron chi connectivity index (χ3n) is 4.21. The topological polar surface area (TPSA) is 46.2 Å². The van der Waals surface area contributed by atoms with Crippen molar-refractivity contribution in [2.75, 3.05) is 0 Å². The summed E-state index contributed by atoms with van der Waals surface area (Å²) in [4.78, 5) is 23.0. The van der Waals surface area contributed by atoms with Crippen LogP contribution in [0.5, 0.6) is 0 Å². The zero-order valence-corrected chi connectivity index (χ0v) is 13.6. The van der Waals surface area contributed by atoms with Gasteiger partial charge in [0.15, 0.2) is 5.78 Å². The molecular formula is C17H29F2NO2. The summed E-state index contributed by atoms with van der Waals surface area (Å²) in [6.07, 6.45) is 7.60. The average molecular weight is 317 g/mol. The lowest BCUT2D eigenvalue weighted by Gasteiger charge is -2.17. The first kappa shape index (κ1) is 19.0. The first-order valence-electron chi connectivity index (χ1n) is 8.64. The van der Waals surface area contributed by atoms with Gasteiger partial charge in [-0.05, 0) is 19.3 Å². The average Bonchev–Trinajstić information content (AvgIpc) is 2.82. The van der Waals surface area contributed by atoms with Crippen molar-refractivity contribution in [3.8, 4) is 0 Å². The number of unbranched alkanes of at least 4 members (excludes halogenated alkanes) is 6. The molecule has 0 radical (unpaired) electrons. The summed E-state index contributed by atoms with van der Waals surface area (Å²) >= 11 is 0. The first-order valence-corrected chi connectivity index (χ1v) is 8.64. The molecule has 1 rings (SSSR count). The van der Waals surface area contributed by atoms with E-state index in [1.807, 2.05) is 0 Å². The van der Waals surface area contributed by atoms with Gasteiger partial charge in [-0.3, -0.25) is 9.59 Å². The maximum Gasteiger partial charge on any atom is 0.256 e. The Kier molecular flexibility index (Phi) is 8.57. The number of hydrogen-bond acceptors (Lipinski definition) is 2. The number of halogens is 2. The van der Waals surface area contributed by atoms with Gasteiger partial charge in [0.1, 0.15) is 0 Å². The van der Waals surface area contributed by atoms with Crippen LogP contribution in [0.2, 0.25) is 0 Å². The minimum absolute atomic E-state index is 0.0382. The van der Waals surface area contributed by atoms with Crippen LogP contribution in [0.4, 0.5) is 8.78 Å². The van der Waals surface area contributed by atoms with Crippen LogP contribution in [0, 0.1) is 0 Å². The molecule has 1 fully saturated rings. The number of nitrogens with one attached hydrogen (secondary N) is 1. The molecule has 1 atom stereocenters. The molecule has 1 amide bonds. The molecule has 0 heterocycles. The van der Waals surface area contributed by atoms with E-state index < -0.39 is 24.3 Å². The van der Waals surface area contributed by atoms with Crippen LogP contribution in [-0.2, 0) is 9.59 Å². The Morgan fingerprint density at radius 1 is 1.18 bits per heavy atom. The monoisotopic (exact) mass is 317 g/mol. The van der Waals surface area contributed by atoms with Crippen LogP contribution in [-0.4, -0.2) is 23.7 Å². The van der Waals surface area contributed by atoms with Crippen molar-refractivity contribution >= 4 is 11.7 Å². The molecule has 5 heteroatoms. The van der Waals surface area contributed by atoms with Crippen molar-refractivity contribution in [2.24, 2.45) is 0 Å². The molecule has 1 aliphatic rings. The molecule has 0 aromatic carbocycles. The largest absolute Gasteiger partial charge is 0.346 e. The molecule has 0 unspecified atom stereocenters. The second kappa shape index (κ2) is 9.90. The van der Waals surface area contributed by atoms with Gasteiger partial charge in [0.2, 0.25) is 5.91 Å². The fourth-order valence-electron chi connectivity index (χ4n) is 2.88. The number of carbonyl (C=O) groups is 2. The number of carbonyl (C=O) groups excluding carboxylic acids is 2. The fourth-order valence-corrected chi connectivity index (χ4v) is 2.88. The molecular weight excluding hydrogens is 288 g/mol. The molecule has 1 saturated carbocycles. The Morgan fingerprint density at radius 3 is 2.41 bits per heavy atom. The number of Topliss-reactive ketones (excluding diaryl/α,β-unsaturated/α-hetero) is 1. The fraction of sp³-hybridized carbons (Fsp3) is 0.882. The summed E-state index contributed by atoms with van der Waals surface area (Å²) in [5.41, 5.74) is 0. The smallest absolute Gasteiger partial charge is 0.256 e. The van der Waals surface area contributed by atoms with Crippen LogP contribution in [0.15, 0.2) is 0 Å². The van der Waals surface area contributed by atoms with Crippen LogP contribution >= 0.6 is 0 Å². The zero-order chi connectivity index (χ0) is 16.4. The van der Waals surface area contributed by atoms with Crippen LogP contribution < -0.4 is 5.32 Å². The lowest BCUT2D eigenvalue weighted by atomic mass is 10.0. The molecule has 1 aliphatic carbocycles. The molecule has 128 valence electrons. The Balaban J connectivity index is 2.14. The Bertz CT molecular complexity index is 359. The second-order valence-corrected chi connectivity index (χ2v) is 6.38. The molecule has 0 spiro atoms. The van der Waals surface area contributed by atoms with Gasteiger partial charge >= 0.3 is 0 Å². The normalized spacial score (nSPS) is 18.7. The molecule has 0 aliphatic heterocycles. The van der Waals surface area contributed by atoms with Gasteiger partial charge in [0.25, 0.3) is 5.92 Å². The molecule has 0 aromatic rings. The Hall–Kier alpha value is -1.00. The molecule has 0 aromatic heterocycles. The predicted octanol–water partition coefficient (Wildman–Crippen LogP) is 4.39. The lowest BCUT2D eigenvalue weighted by molar-refractivity contribution is -0.132. The number of amides is 1. The van der Waals surface area contributed by atoms with Crippen molar-refractivity contribution in [1.82, 2.24) is 5.32 Å². The van der Waals surface area contributed by atoms with Gasteiger partial charge in [-0.15, -0.1) is 0 Å². The van der Waals surface area contributed by atoms with E-state index in [0.717, 1.165) is 25.7 Å². The highest BCUT2D eigenvalue weighted by Crippen LogP contribution is 2.26. The maximum atomic E-state index is 13.7. The summed E-state index contributed by atoms with van der Waals surface area (Å²) in [5.74, 6) is -3.70. The molecule has 1 N–H and O–H groups in total. The van der Waals surface area contributed by atoms with Crippen LogP contribution in [0.1, 0.15) is 84.0 Å². The van der Waals surface area contributed by atoms with Crippen LogP contribution in [0.3, 0.4) is 0 Å². The van der Waals surface area contributed by atoms with E-state index in [1.54, 1.807) is 0 Å². The van der Waals surface area contributed by atoms with E-state index in [2.05, 4.69) is 12.2 Å². The van der Waals surface area contributed by atoms with Gasteiger partial charge in [0.05, 0.1) is 12.5 Å². The molecule has 0 saturated heterocycles. The predicted molar refractivity (Wildman–Crippen MR) is 83.0 cm³/mol. The van der Waals surface area contributed by atoms with E-state index in [1.165, 1.54) is 19.3 Å². The van der Waals surface area contributed by atoms with Crippen molar-refractivity contribution in [1.29, 1.82) is 0 Å². The number of hydrogen-bond donors (Lipinski definition) is 1. The highest BCUT2D eigenvalue weighted by Gasteiger charge is 2.33. The standard InChI is InChI=1S/C17H29F2NO2/c1-2-3-4-5-6-7-8-12-17(18,19)13-16(22)20-14-10-9-11-15(14)21/h14H,2-13H2,1H3,(H,20,22)/t14-/m0/s1. The summed E-state index contributed by atoms with van der Waals surface area (Å²) in [7, 11) is 0. The zero-order valence-electron chi connectivity index (χ0n) is 13.6. The van der Waals surface area contributed by atoms with E-state index in [-0.39, 0.29) is 12.2 Å². The molecule has 3 nitrogen and oxygen atoms in total. The number of ketones is 1. The van der Waals surface area contributed by atoms with Crippen LogP contribution in [0.25, 0.3) is 0 Å².